The third-order valence-corrected chi connectivity index (χ3v) is 7.39. The van der Waals surface area contributed by atoms with Crippen molar-refractivity contribution in [2.24, 2.45) is 5.10 Å². The lowest BCUT2D eigenvalue weighted by Crippen LogP contribution is -2.20. The van der Waals surface area contributed by atoms with Crippen LogP contribution in [0.25, 0.3) is 5.69 Å². The van der Waals surface area contributed by atoms with E-state index in [0.717, 1.165) is 17.1 Å². The molecule has 0 spiro atoms. The molecule has 0 radical (unpaired) electrons. The van der Waals surface area contributed by atoms with E-state index in [4.69, 9.17) is 18.6 Å². The molecule has 2 aromatic heterocycles. The second-order valence-electron chi connectivity index (χ2n) is 10.3. The smallest absolute Gasteiger partial charge is 0.307 e. The minimum Gasteiger partial charge on any atom is -0.490 e. The molecule has 242 valence electrons. The first kappa shape index (κ1) is 33.0. The normalized spacial score (nSPS) is 11.0. The van der Waals surface area contributed by atoms with Crippen molar-refractivity contribution in [2.45, 2.75) is 27.4 Å². The first-order chi connectivity index (χ1) is 22.7. The number of nitrogens with zero attached hydrogens (tertiary/aromatic N) is 2. The molecule has 2 heterocycles. The maximum atomic E-state index is 13.4. The Hall–Kier alpha value is -5.36. The molecule has 2 N–H and O–H groups in total. The van der Waals surface area contributed by atoms with E-state index in [0.29, 0.717) is 45.3 Å². The summed E-state index contributed by atoms with van der Waals surface area (Å²) in [5.74, 6) is 0.402. The maximum absolute atomic E-state index is 13.4. The second-order valence-corrected chi connectivity index (χ2v) is 11.2. The van der Waals surface area contributed by atoms with E-state index >= 15 is 0 Å². The van der Waals surface area contributed by atoms with Gasteiger partial charge < -0.3 is 28.5 Å². The zero-order valence-corrected chi connectivity index (χ0v) is 27.5. The van der Waals surface area contributed by atoms with E-state index < -0.39 is 17.6 Å². The highest BCUT2D eigenvalue weighted by Gasteiger charge is 2.15. The second kappa shape index (κ2) is 15.3. The van der Waals surface area contributed by atoms with E-state index in [1.165, 1.54) is 24.4 Å². The minimum atomic E-state index is -0.539. The number of aromatic nitrogens is 1. The van der Waals surface area contributed by atoms with E-state index in [2.05, 4.69) is 62.3 Å². The molecule has 0 unspecified atom stereocenters. The Morgan fingerprint density at radius 2 is 1.72 bits per heavy atom. The van der Waals surface area contributed by atoms with Gasteiger partial charge in [-0.05, 0) is 121 Å². The van der Waals surface area contributed by atoms with E-state index in [9.17, 15) is 14.0 Å². The van der Waals surface area contributed by atoms with Gasteiger partial charge in [-0.25, -0.2) is 9.82 Å². The predicted octanol–water partition coefficient (Wildman–Crippen LogP) is 7.35. The monoisotopic (exact) mass is 702 g/mol. The molecule has 47 heavy (non-hydrogen) atoms. The van der Waals surface area contributed by atoms with Crippen LogP contribution in [-0.4, -0.2) is 35.8 Å². The van der Waals surface area contributed by atoms with Gasteiger partial charge in [0.05, 0.1) is 17.3 Å². The fraction of sp³-hybridized carbons (Fsp3) is 0.171. The van der Waals surface area contributed by atoms with Crippen LogP contribution in [-0.2, 0) is 11.4 Å². The SMILES string of the molecule is CCOc1cc(/C=N/NC(=O)c2ccc(COc3ccc(-n4c(C)ccc4C)cc3)o2)cc(Br)c1OCC(=O)Nc1cccc(F)c1. The Kier molecular flexibility index (Phi) is 10.7. The van der Waals surface area contributed by atoms with Gasteiger partial charge in [-0.1, -0.05) is 6.07 Å². The number of carbonyl (C=O) groups is 2. The number of carbonyl (C=O) groups excluding carboxylic acids is 2. The lowest BCUT2D eigenvalue weighted by molar-refractivity contribution is -0.118. The third kappa shape index (κ3) is 8.67. The molecule has 0 saturated heterocycles. The van der Waals surface area contributed by atoms with Gasteiger partial charge in [0.2, 0.25) is 0 Å². The minimum absolute atomic E-state index is 0.0751. The summed E-state index contributed by atoms with van der Waals surface area (Å²) in [6.07, 6.45) is 1.43. The van der Waals surface area contributed by atoms with Crippen LogP contribution >= 0.6 is 15.9 Å². The van der Waals surface area contributed by atoms with E-state index in [1.54, 1.807) is 37.3 Å². The van der Waals surface area contributed by atoms with Crippen molar-refractivity contribution in [2.75, 3.05) is 18.5 Å². The number of hydrazone groups is 1. The number of ether oxygens (including phenoxy) is 3. The molecule has 5 rings (SSSR count). The third-order valence-electron chi connectivity index (χ3n) is 6.80. The first-order valence-electron chi connectivity index (χ1n) is 14.6. The lowest BCUT2D eigenvalue weighted by atomic mass is 10.2. The van der Waals surface area contributed by atoms with Gasteiger partial charge in [0.15, 0.2) is 23.9 Å². The zero-order valence-electron chi connectivity index (χ0n) is 25.9. The van der Waals surface area contributed by atoms with Gasteiger partial charge in [-0.15, -0.1) is 0 Å². The summed E-state index contributed by atoms with van der Waals surface area (Å²) in [6, 6.07) is 24.0. The Balaban J connectivity index is 1.14. The fourth-order valence-corrected chi connectivity index (χ4v) is 5.26. The number of anilines is 1. The summed E-state index contributed by atoms with van der Waals surface area (Å²) in [7, 11) is 0. The Morgan fingerprint density at radius 3 is 2.45 bits per heavy atom. The average Bonchev–Trinajstić information content (AvgIpc) is 3.66. The summed E-state index contributed by atoms with van der Waals surface area (Å²) in [6.45, 7) is 6.06. The molecule has 3 aromatic carbocycles. The maximum Gasteiger partial charge on any atom is 0.307 e. The fourth-order valence-electron chi connectivity index (χ4n) is 4.69. The van der Waals surface area contributed by atoms with Gasteiger partial charge in [0, 0.05) is 22.8 Å². The Morgan fingerprint density at radius 1 is 0.957 bits per heavy atom. The summed E-state index contributed by atoms with van der Waals surface area (Å²) in [5.41, 5.74) is 6.68. The molecule has 0 aliphatic rings. The number of rotatable bonds is 13. The zero-order chi connectivity index (χ0) is 33.3. The highest BCUT2D eigenvalue weighted by molar-refractivity contribution is 9.10. The van der Waals surface area contributed by atoms with Crippen molar-refractivity contribution in [3.05, 3.63) is 124 Å². The highest BCUT2D eigenvalue weighted by atomic mass is 79.9. The number of hydrogen-bond acceptors (Lipinski definition) is 7. The van der Waals surface area contributed by atoms with Gasteiger partial charge in [-0.3, -0.25) is 9.59 Å². The lowest BCUT2D eigenvalue weighted by Gasteiger charge is -2.14. The van der Waals surface area contributed by atoms with E-state index in [-0.39, 0.29) is 19.0 Å². The summed E-state index contributed by atoms with van der Waals surface area (Å²) in [5, 5.41) is 6.61. The highest BCUT2D eigenvalue weighted by Crippen LogP contribution is 2.36. The van der Waals surface area contributed by atoms with Crippen LogP contribution in [0.15, 0.2) is 98.9 Å². The summed E-state index contributed by atoms with van der Waals surface area (Å²) in [4.78, 5) is 25.0. The molecule has 0 aliphatic carbocycles. The number of nitrogens with one attached hydrogen (secondary N) is 2. The largest absolute Gasteiger partial charge is 0.490 e. The topological polar surface area (TPSA) is 116 Å². The summed E-state index contributed by atoms with van der Waals surface area (Å²) >= 11 is 3.44. The van der Waals surface area contributed by atoms with Crippen LogP contribution in [0.1, 0.15) is 40.2 Å². The molecule has 0 bridgehead atoms. The molecule has 2 amide bonds. The molecule has 0 aliphatic heterocycles. The number of halogens is 2. The van der Waals surface area contributed by atoms with Gasteiger partial charge >= 0.3 is 5.91 Å². The Labute approximate surface area is 279 Å². The predicted molar refractivity (Wildman–Crippen MR) is 179 cm³/mol. The quantitative estimate of drug-likeness (QED) is 0.0979. The molecule has 0 saturated carbocycles. The van der Waals surface area contributed by atoms with Crippen molar-refractivity contribution in [1.29, 1.82) is 0 Å². The average molecular weight is 704 g/mol. The molecular weight excluding hydrogens is 671 g/mol. The van der Waals surface area contributed by atoms with Crippen molar-refractivity contribution in [3.8, 4) is 22.9 Å². The van der Waals surface area contributed by atoms with Crippen molar-refractivity contribution < 1.29 is 32.6 Å². The van der Waals surface area contributed by atoms with Crippen LogP contribution in [0, 0.1) is 19.7 Å². The standard InChI is InChI=1S/C35H32BrFN4O6/c1-4-44-32-17-24(16-30(36)34(32)46-21-33(42)39-26-7-5-6-25(37)18-26)19-38-40-35(43)31-15-14-29(47-31)20-45-28-12-10-27(11-13-28)41-22(2)8-9-23(41)3/h5-19H,4,20-21H2,1-3H3,(H,39,42)(H,40,43)/b38-19+. The summed E-state index contributed by atoms with van der Waals surface area (Å²) < 4.78 is 39.0. The number of hydrogen-bond donors (Lipinski definition) is 2. The number of furan rings is 1. The van der Waals surface area contributed by atoms with Gasteiger partial charge in [-0.2, -0.15) is 5.10 Å². The molecule has 5 aromatic rings. The number of amides is 2. The molecule has 10 nitrogen and oxygen atoms in total. The molecule has 0 atom stereocenters. The molecule has 0 fully saturated rings. The van der Waals surface area contributed by atoms with Gasteiger partial charge in [0.25, 0.3) is 5.91 Å². The van der Waals surface area contributed by atoms with Crippen molar-refractivity contribution in [3.63, 3.8) is 0 Å². The van der Waals surface area contributed by atoms with Crippen molar-refractivity contribution in [1.82, 2.24) is 9.99 Å². The van der Waals surface area contributed by atoms with Crippen LogP contribution in [0.4, 0.5) is 10.1 Å². The molecular formula is C35H32BrFN4O6. The van der Waals surface area contributed by atoms with Crippen LogP contribution in [0.3, 0.4) is 0 Å². The number of aryl methyl sites for hydroxylation is 2. The van der Waals surface area contributed by atoms with E-state index in [1.807, 2.05) is 24.3 Å². The van der Waals surface area contributed by atoms with Crippen LogP contribution in [0.2, 0.25) is 0 Å². The first-order valence-corrected chi connectivity index (χ1v) is 15.4. The van der Waals surface area contributed by atoms with Crippen LogP contribution < -0.4 is 25.0 Å². The number of benzene rings is 3. The Bertz CT molecular complexity index is 1880. The van der Waals surface area contributed by atoms with Crippen molar-refractivity contribution >= 4 is 39.6 Å². The van der Waals surface area contributed by atoms with Gasteiger partial charge in [0.1, 0.15) is 23.9 Å². The van der Waals surface area contributed by atoms with Crippen LogP contribution in [0.5, 0.6) is 17.2 Å². The molecule has 12 heteroatoms.